The second-order valence-corrected chi connectivity index (χ2v) is 8.26. The Morgan fingerprint density at radius 2 is 1.59 bits per heavy atom. The Hall–Kier alpha value is -3.61. The van der Waals surface area contributed by atoms with Gasteiger partial charge in [0.05, 0.1) is 6.04 Å². The van der Waals surface area contributed by atoms with Gasteiger partial charge in [-0.25, -0.2) is 0 Å². The third kappa shape index (κ3) is 3.75. The van der Waals surface area contributed by atoms with Gasteiger partial charge in [-0.2, -0.15) is 4.98 Å². The largest absolute Gasteiger partial charge is 0.501 e. The van der Waals surface area contributed by atoms with Crippen molar-refractivity contribution in [3.05, 3.63) is 87.8 Å². The number of aromatic hydroxyl groups is 1. The highest BCUT2D eigenvalue weighted by atomic mass is 16.3. The third-order valence-corrected chi connectivity index (χ3v) is 5.94. The Kier molecular flexibility index (Phi) is 5.99. The Labute approximate surface area is 187 Å². The van der Waals surface area contributed by atoms with Gasteiger partial charge < -0.3 is 15.3 Å². The topological polar surface area (TPSA) is 87.5 Å². The second-order valence-electron chi connectivity index (χ2n) is 8.26. The van der Waals surface area contributed by atoms with E-state index in [0.29, 0.717) is 19.0 Å². The quantitative estimate of drug-likeness (QED) is 0.621. The van der Waals surface area contributed by atoms with Gasteiger partial charge >= 0.3 is 5.56 Å². The number of nitrogens with zero attached hydrogens (tertiary/aromatic N) is 3. The molecule has 0 radical (unpaired) electrons. The van der Waals surface area contributed by atoms with Crippen LogP contribution in [-0.4, -0.2) is 44.6 Å². The fraction of sp³-hybridized carbons (Fsp3) is 0.320. The van der Waals surface area contributed by atoms with Crippen LogP contribution in [0.3, 0.4) is 0 Å². The molecule has 0 saturated heterocycles. The summed E-state index contributed by atoms with van der Waals surface area (Å²) in [6.07, 6.45) is 0. The summed E-state index contributed by atoms with van der Waals surface area (Å²) in [5.74, 6) is -0.810. The monoisotopic (exact) mass is 432 g/mol. The number of nitrogens with one attached hydrogen (secondary N) is 1. The van der Waals surface area contributed by atoms with E-state index < -0.39 is 11.3 Å². The Balaban J connectivity index is 2.02. The molecule has 7 nitrogen and oxygen atoms in total. The molecule has 1 atom stereocenters. The summed E-state index contributed by atoms with van der Waals surface area (Å²) in [7, 11) is 0. The van der Waals surface area contributed by atoms with Gasteiger partial charge in [0.2, 0.25) is 11.7 Å². The summed E-state index contributed by atoms with van der Waals surface area (Å²) < 4.78 is 1.73. The van der Waals surface area contributed by atoms with Crippen LogP contribution in [0.4, 0.5) is 5.95 Å². The number of hydrogen-bond acceptors (Lipinski definition) is 5. The number of carbonyl (C=O) groups excluding carboxylic acids is 1. The number of benzene rings is 2. The maximum Gasteiger partial charge on any atom is 0.317 e. The van der Waals surface area contributed by atoms with E-state index >= 15 is 0 Å². The predicted octanol–water partition coefficient (Wildman–Crippen LogP) is 3.62. The molecule has 2 heterocycles. The van der Waals surface area contributed by atoms with Crippen LogP contribution in [0.1, 0.15) is 54.3 Å². The fourth-order valence-corrected chi connectivity index (χ4v) is 4.49. The summed E-state index contributed by atoms with van der Waals surface area (Å²) >= 11 is 0. The van der Waals surface area contributed by atoms with Crippen LogP contribution in [0, 0.1) is 0 Å². The van der Waals surface area contributed by atoms with E-state index in [1.807, 2.05) is 57.2 Å². The van der Waals surface area contributed by atoms with Gasteiger partial charge in [-0.1, -0.05) is 60.7 Å². The van der Waals surface area contributed by atoms with Crippen molar-refractivity contribution in [2.75, 3.05) is 18.4 Å². The summed E-state index contributed by atoms with van der Waals surface area (Å²) in [6, 6.07) is 19.8. The van der Waals surface area contributed by atoms with Crippen molar-refractivity contribution in [2.45, 2.75) is 38.8 Å². The zero-order valence-electron chi connectivity index (χ0n) is 18.5. The molecule has 166 valence electrons. The molecule has 0 bridgehead atoms. The molecule has 1 amide bonds. The van der Waals surface area contributed by atoms with Crippen molar-refractivity contribution in [3.63, 3.8) is 0 Å². The first-order chi connectivity index (χ1) is 15.4. The summed E-state index contributed by atoms with van der Waals surface area (Å²) in [6.45, 7) is 6.71. The van der Waals surface area contributed by atoms with Crippen LogP contribution in [0.5, 0.6) is 5.75 Å². The second kappa shape index (κ2) is 8.86. The van der Waals surface area contributed by atoms with Gasteiger partial charge in [0.25, 0.3) is 5.91 Å². The highest BCUT2D eigenvalue weighted by Crippen LogP contribution is 2.41. The van der Waals surface area contributed by atoms with E-state index in [0.717, 1.165) is 11.1 Å². The number of carbonyl (C=O) groups is 1. The SMILES string of the molecule is CCNc1nc(=O)c(O)c2n1[C@@H](C(c1ccccc1)c1ccccc1)CN(C(C)C)C2=O. The lowest BCUT2D eigenvalue weighted by atomic mass is 9.83. The average molecular weight is 433 g/mol. The molecular weight excluding hydrogens is 404 g/mol. The van der Waals surface area contributed by atoms with Gasteiger partial charge in [0, 0.05) is 25.0 Å². The summed E-state index contributed by atoms with van der Waals surface area (Å²) in [4.78, 5) is 31.6. The molecule has 1 aromatic heterocycles. The van der Waals surface area contributed by atoms with Crippen molar-refractivity contribution >= 4 is 11.9 Å². The molecular formula is C25H28N4O3. The minimum Gasteiger partial charge on any atom is -0.501 e. The van der Waals surface area contributed by atoms with Crippen LogP contribution in [0.2, 0.25) is 0 Å². The molecule has 0 spiro atoms. The van der Waals surface area contributed by atoms with Crippen molar-refractivity contribution in [1.82, 2.24) is 14.5 Å². The minimum atomic E-state index is -0.805. The summed E-state index contributed by atoms with van der Waals surface area (Å²) in [5.41, 5.74) is 1.34. The number of rotatable bonds is 6. The van der Waals surface area contributed by atoms with Crippen molar-refractivity contribution in [1.29, 1.82) is 0 Å². The first-order valence-corrected chi connectivity index (χ1v) is 10.9. The Morgan fingerprint density at radius 3 is 2.09 bits per heavy atom. The number of fused-ring (bicyclic) bond motifs is 1. The molecule has 0 unspecified atom stereocenters. The normalized spacial score (nSPS) is 15.8. The first-order valence-electron chi connectivity index (χ1n) is 10.9. The molecule has 0 fully saturated rings. The lowest BCUT2D eigenvalue weighted by Gasteiger charge is -2.42. The molecule has 2 aromatic carbocycles. The molecule has 32 heavy (non-hydrogen) atoms. The predicted molar refractivity (Wildman–Crippen MR) is 124 cm³/mol. The van der Waals surface area contributed by atoms with Crippen LogP contribution < -0.4 is 10.9 Å². The van der Waals surface area contributed by atoms with Crippen LogP contribution in [0.15, 0.2) is 65.5 Å². The zero-order chi connectivity index (χ0) is 22.8. The lowest BCUT2D eigenvalue weighted by Crippen LogP contribution is -2.49. The maximum atomic E-state index is 13.4. The number of anilines is 1. The number of hydrogen-bond donors (Lipinski definition) is 2. The van der Waals surface area contributed by atoms with E-state index in [-0.39, 0.29) is 29.6 Å². The Bertz CT molecular complexity index is 1120. The summed E-state index contributed by atoms with van der Waals surface area (Å²) in [5, 5.41) is 13.8. The van der Waals surface area contributed by atoms with E-state index in [4.69, 9.17) is 0 Å². The van der Waals surface area contributed by atoms with E-state index in [1.165, 1.54) is 0 Å². The maximum absolute atomic E-state index is 13.4. The van der Waals surface area contributed by atoms with Gasteiger partial charge in [0.15, 0.2) is 5.69 Å². The van der Waals surface area contributed by atoms with Crippen LogP contribution >= 0.6 is 0 Å². The first kappa shape index (κ1) is 21.6. The van der Waals surface area contributed by atoms with Gasteiger partial charge in [0.1, 0.15) is 0 Å². The highest BCUT2D eigenvalue weighted by Gasteiger charge is 2.41. The minimum absolute atomic E-state index is 0.0113. The molecule has 0 aliphatic carbocycles. The van der Waals surface area contributed by atoms with E-state index in [1.54, 1.807) is 9.47 Å². The van der Waals surface area contributed by atoms with Gasteiger partial charge in [-0.05, 0) is 31.9 Å². The lowest BCUT2D eigenvalue weighted by molar-refractivity contribution is 0.0588. The molecule has 1 aliphatic heterocycles. The zero-order valence-corrected chi connectivity index (χ0v) is 18.5. The highest BCUT2D eigenvalue weighted by molar-refractivity contribution is 5.96. The molecule has 7 heteroatoms. The molecule has 2 N–H and O–H groups in total. The molecule has 0 saturated carbocycles. The molecule has 3 aromatic rings. The standard InChI is InChI=1S/C25H28N4O3/c1-4-26-25-27-23(31)22(30)21-24(32)28(16(2)3)15-19(29(21)25)20(17-11-7-5-8-12-17)18-13-9-6-10-14-18/h5-14,16,19-20,30H,4,15H2,1-3H3,(H,26,27,31)/t19-/m1/s1. The number of aromatic nitrogens is 2. The van der Waals surface area contributed by atoms with E-state index in [2.05, 4.69) is 34.6 Å². The van der Waals surface area contributed by atoms with Crippen molar-refractivity contribution in [3.8, 4) is 5.75 Å². The smallest absolute Gasteiger partial charge is 0.317 e. The molecule has 1 aliphatic rings. The number of amides is 1. The van der Waals surface area contributed by atoms with E-state index in [9.17, 15) is 14.7 Å². The third-order valence-electron chi connectivity index (χ3n) is 5.94. The molecule has 4 rings (SSSR count). The van der Waals surface area contributed by atoms with Crippen molar-refractivity contribution < 1.29 is 9.90 Å². The Morgan fingerprint density at radius 1 is 1.03 bits per heavy atom. The van der Waals surface area contributed by atoms with Gasteiger partial charge in [-0.15, -0.1) is 0 Å². The average Bonchev–Trinajstić information content (AvgIpc) is 2.79. The van der Waals surface area contributed by atoms with Gasteiger partial charge in [-0.3, -0.25) is 14.2 Å². The van der Waals surface area contributed by atoms with Crippen molar-refractivity contribution in [2.24, 2.45) is 0 Å². The van der Waals surface area contributed by atoms with Crippen LogP contribution in [-0.2, 0) is 0 Å². The van der Waals surface area contributed by atoms with Crippen LogP contribution in [0.25, 0.3) is 0 Å². The fourth-order valence-electron chi connectivity index (χ4n) is 4.49.